The van der Waals surface area contributed by atoms with Crippen molar-refractivity contribution in [2.75, 3.05) is 18.0 Å². The molecule has 1 aromatic rings. The number of hydrogen-bond donors (Lipinski definition) is 1. The van der Waals surface area contributed by atoms with E-state index in [1.165, 1.54) is 0 Å². The minimum atomic E-state index is -0.177. The summed E-state index contributed by atoms with van der Waals surface area (Å²) >= 11 is 0. The molecule has 0 aliphatic carbocycles. The van der Waals surface area contributed by atoms with Crippen molar-refractivity contribution in [1.29, 1.82) is 10.5 Å². The van der Waals surface area contributed by atoms with Gasteiger partial charge in [0.1, 0.15) is 18.9 Å². The van der Waals surface area contributed by atoms with E-state index in [0.29, 0.717) is 5.82 Å². The van der Waals surface area contributed by atoms with Crippen LogP contribution >= 0.6 is 0 Å². The number of nitriles is 2. The molecule has 0 saturated heterocycles. The van der Waals surface area contributed by atoms with Crippen LogP contribution in [-0.2, 0) is 0 Å². The second-order valence-electron chi connectivity index (χ2n) is 3.38. The summed E-state index contributed by atoms with van der Waals surface area (Å²) in [5.41, 5.74) is 6.65. The number of aromatic nitrogens is 1. The Labute approximate surface area is 94.7 Å². The van der Waals surface area contributed by atoms with E-state index < -0.39 is 0 Å². The summed E-state index contributed by atoms with van der Waals surface area (Å²) < 4.78 is 0. The number of hydrogen-bond acceptors (Lipinski definition) is 5. The average molecular weight is 215 g/mol. The molecule has 0 spiro atoms. The van der Waals surface area contributed by atoms with Crippen LogP contribution in [0, 0.1) is 22.7 Å². The van der Waals surface area contributed by atoms with Crippen LogP contribution in [0.2, 0.25) is 0 Å². The molecule has 0 radical (unpaired) electrons. The van der Waals surface area contributed by atoms with E-state index >= 15 is 0 Å². The van der Waals surface area contributed by atoms with E-state index in [0.717, 1.165) is 5.56 Å². The zero-order chi connectivity index (χ0) is 12.0. The maximum atomic E-state index is 8.69. The van der Waals surface area contributed by atoms with Gasteiger partial charge < -0.3 is 10.6 Å². The van der Waals surface area contributed by atoms with Crippen molar-refractivity contribution >= 4 is 5.82 Å². The Morgan fingerprint density at radius 1 is 1.44 bits per heavy atom. The second-order valence-corrected chi connectivity index (χ2v) is 3.38. The molecule has 0 fully saturated rings. The summed E-state index contributed by atoms with van der Waals surface area (Å²) in [6.07, 6.45) is 1.63. The number of nitrogens with two attached hydrogens (primary N) is 1. The Hall–Kier alpha value is -2.11. The first kappa shape index (κ1) is 12.0. The highest BCUT2D eigenvalue weighted by atomic mass is 15.2. The normalized spacial score (nSPS) is 11.2. The third-order valence-electron chi connectivity index (χ3n) is 2.13. The van der Waals surface area contributed by atoms with Gasteiger partial charge in [0.05, 0.1) is 12.1 Å². The quantitative estimate of drug-likeness (QED) is 0.755. The van der Waals surface area contributed by atoms with Crippen LogP contribution in [0.15, 0.2) is 18.3 Å². The molecule has 0 aliphatic rings. The van der Waals surface area contributed by atoms with Crippen LogP contribution in [0.25, 0.3) is 0 Å². The highest BCUT2D eigenvalue weighted by Gasteiger charge is 2.14. The van der Waals surface area contributed by atoms with Gasteiger partial charge in [0.15, 0.2) is 0 Å². The molecule has 1 aromatic heterocycles. The van der Waals surface area contributed by atoms with Gasteiger partial charge in [0.2, 0.25) is 0 Å². The molecule has 0 saturated carbocycles. The van der Waals surface area contributed by atoms with Crippen LogP contribution in [0.1, 0.15) is 18.5 Å². The second kappa shape index (κ2) is 5.69. The third kappa shape index (κ3) is 2.69. The highest BCUT2D eigenvalue weighted by Crippen LogP contribution is 2.21. The molecule has 0 aromatic carbocycles. The van der Waals surface area contributed by atoms with Crippen molar-refractivity contribution in [3.8, 4) is 12.1 Å². The molecule has 1 rings (SSSR count). The molecule has 1 heterocycles. The molecule has 0 bridgehead atoms. The van der Waals surface area contributed by atoms with Gasteiger partial charge in [-0.05, 0) is 13.0 Å². The lowest BCUT2D eigenvalue weighted by Crippen LogP contribution is -2.27. The molecule has 5 nitrogen and oxygen atoms in total. The molecule has 82 valence electrons. The van der Waals surface area contributed by atoms with Crippen molar-refractivity contribution in [3.63, 3.8) is 0 Å². The smallest absolute Gasteiger partial charge is 0.134 e. The van der Waals surface area contributed by atoms with Crippen molar-refractivity contribution in [2.45, 2.75) is 13.0 Å². The fourth-order valence-corrected chi connectivity index (χ4v) is 1.41. The monoisotopic (exact) mass is 215 g/mol. The molecule has 2 N–H and O–H groups in total. The molecule has 0 aliphatic heterocycles. The Bertz CT molecular complexity index is 411. The maximum absolute atomic E-state index is 8.69. The first-order valence-electron chi connectivity index (χ1n) is 4.90. The number of anilines is 1. The zero-order valence-electron chi connectivity index (χ0n) is 9.09. The average Bonchev–Trinajstić information content (AvgIpc) is 2.29. The lowest BCUT2D eigenvalue weighted by molar-refractivity contribution is 0.794. The van der Waals surface area contributed by atoms with Crippen molar-refractivity contribution in [2.24, 2.45) is 5.73 Å². The molecule has 5 heteroatoms. The van der Waals surface area contributed by atoms with Crippen LogP contribution < -0.4 is 10.6 Å². The maximum Gasteiger partial charge on any atom is 0.134 e. The highest BCUT2D eigenvalue weighted by molar-refractivity contribution is 5.49. The van der Waals surface area contributed by atoms with E-state index in [9.17, 15) is 0 Å². The lowest BCUT2D eigenvalue weighted by Gasteiger charge is -2.21. The van der Waals surface area contributed by atoms with Crippen LogP contribution in [0.5, 0.6) is 0 Å². The van der Waals surface area contributed by atoms with Gasteiger partial charge in [0.25, 0.3) is 0 Å². The minimum absolute atomic E-state index is 0.129. The molecule has 1 atom stereocenters. The number of rotatable bonds is 4. The van der Waals surface area contributed by atoms with E-state index in [2.05, 4.69) is 4.98 Å². The Kier molecular flexibility index (Phi) is 4.26. The van der Waals surface area contributed by atoms with E-state index in [-0.39, 0.29) is 19.1 Å². The van der Waals surface area contributed by atoms with Gasteiger partial charge in [-0.25, -0.2) is 4.98 Å². The SMILES string of the molecule is C[C@H](N)c1cccnc1N(CC#N)CC#N. The Balaban J connectivity index is 3.09. The van der Waals surface area contributed by atoms with Gasteiger partial charge in [-0.2, -0.15) is 10.5 Å². The summed E-state index contributed by atoms with van der Waals surface area (Å²) in [5, 5.41) is 17.4. The van der Waals surface area contributed by atoms with Crippen molar-refractivity contribution < 1.29 is 0 Å². The Morgan fingerprint density at radius 2 is 2.06 bits per heavy atom. The zero-order valence-corrected chi connectivity index (χ0v) is 9.09. The minimum Gasteiger partial charge on any atom is -0.330 e. The topological polar surface area (TPSA) is 89.7 Å². The molecule has 0 amide bonds. The van der Waals surface area contributed by atoms with Gasteiger partial charge in [-0.1, -0.05) is 6.07 Å². The molecule has 0 unspecified atom stereocenters. The third-order valence-corrected chi connectivity index (χ3v) is 2.13. The molecular formula is C11H13N5. The predicted molar refractivity (Wildman–Crippen MR) is 60.3 cm³/mol. The first-order valence-corrected chi connectivity index (χ1v) is 4.90. The van der Waals surface area contributed by atoms with Gasteiger partial charge in [-0.15, -0.1) is 0 Å². The Morgan fingerprint density at radius 3 is 2.56 bits per heavy atom. The predicted octanol–water partition coefficient (Wildman–Crippen LogP) is 0.955. The molecular weight excluding hydrogens is 202 g/mol. The van der Waals surface area contributed by atoms with Gasteiger partial charge in [0, 0.05) is 17.8 Å². The molecule has 16 heavy (non-hydrogen) atoms. The first-order chi connectivity index (χ1) is 7.70. The van der Waals surface area contributed by atoms with E-state index in [1.807, 2.05) is 25.1 Å². The largest absolute Gasteiger partial charge is 0.330 e. The summed E-state index contributed by atoms with van der Waals surface area (Å²) in [7, 11) is 0. The fourth-order valence-electron chi connectivity index (χ4n) is 1.41. The van der Waals surface area contributed by atoms with Crippen molar-refractivity contribution in [3.05, 3.63) is 23.9 Å². The van der Waals surface area contributed by atoms with E-state index in [1.54, 1.807) is 17.2 Å². The fraction of sp³-hybridized carbons (Fsp3) is 0.364. The van der Waals surface area contributed by atoms with Gasteiger partial charge in [-0.3, -0.25) is 0 Å². The lowest BCUT2D eigenvalue weighted by atomic mass is 10.1. The van der Waals surface area contributed by atoms with Crippen molar-refractivity contribution in [1.82, 2.24) is 4.98 Å². The van der Waals surface area contributed by atoms with E-state index in [4.69, 9.17) is 16.3 Å². The van der Waals surface area contributed by atoms with Gasteiger partial charge >= 0.3 is 0 Å². The summed E-state index contributed by atoms with van der Waals surface area (Å²) in [4.78, 5) is 5.79. The summed E-state index contributed by atoms with van der Waals surface area (Å²) in [5.74, 6) is 0.612. The van der Waals surface area contributed by atoms with Crippen LogP contribution in [-0.4, -0.2) is 18.1 Å². The summed E-state index contributed by atoms with van der Waals surface area (Å²) in [6.45, 7) is 2.10. The summed E-state index contributed by atoms with van der Waals surface area (Å²) in [6, 6.07) is 7.49. The number of pyridine rings is 1. The van der Waals surface area contributed by atoms with Crippen LogP contribution in [0.4, 0.5) is 5.82 Å². The van der Waals surface area contributed by atoms with Crippen LogP contribution in [0.3, 0.4) is 0 Å². The number of nitrogens with zero attached hydrogens (tertiary/aromatic N) is 4. The standard InChI is InChI=1S/C11H13N5/c1-9(14)10-3-2-6-15-11(10)16(7-4-12)8-5-13/h2-3,6,9H,7-8,14H2,1H3/t9-/m0/s1.